The molecule has 0 amide bonds. The number of sulfonamides is 1. The van der Waals surface area contributed by atoms with E-state index in [0.29, 0.717) is 31.6 Å². The SMILES string of the molecule is COC(=O)C1CCN(S(=O)(=O)c2cn(C)nc2C(C)(C)C)CC1. The Morgan fingerprint density at radius 3 is 2.35 bits per heavy atom. The maximum atomic E-state index is 13.0. The molecule has 1 fully saturated rings. The van der Waals surface area contributed by atoms with Crippen LogP contribution in [0, 0.1) is 5.92 Å². The van der Waals surface area contributed by atoms with Gasteiger partial charge in [0.15, 0.2) is 0 Å². The number of carbonyl (C=O) groups is 1. The summed E-state index contributed by atoms with van der Waals surface area (Å²) in [5.41, 5.74) is 0.198. The molecule has 1 aromatic rings. The molecule has 0 bridgehead atoms. The van der Waals surface area contributed by atoms with E-state index in [1.807, 2.05) is 20.8 Å². The van der Waals surface area contributed by atoms with Crippen molar-refractivity contribution in [3.8, 4) is 0 Å². The Morgan fingerprint density at radius 1 is 1.30 bits per heavy atom. The number of ether oxygens (including phenoxy) is 1. The van der Waals surface area contributed by atoms with Gasteiger partial charge in [0.25, 0.3) is 0 Å². The molecular formula is C15H25N3O4S. The molecular weight excluding hydrogens is 318 g/mol. The largest absolute Gasteiger partial charge is 0.469 e. The summed E-state index contributed by atoms with van der Waals surface area (Å²) >= 11 is 0. The zero-order chi connectivity index (χ0) is 17.4. The van der Waals surface area contributed by atoms with E-state index >= 15 is 0 Å². The van der Waals surface area contributed by atoms with Gasteiger partial charge in [-0.3, -0.25) is 9.48 Å². The van der Waals surface area contributed by atoms with E-state index in [1.165, 1.54) is 16.1 Å². The van der Waals surface area contributed by atoms with E-state index in [1.54, 1.807) is 13.2 Å². The predicted octanol–water partition coefficient (Wildman–Crippen LogP) is 1.29. The van der Waals surface area contributed by atoms with E-state index in [0.717, 1.165) is 0 Å². The molecule has 2 rings (SSSR count). The fraction of sp³-hybridized carbons (Fsp3) is 0.733. The molecule has 0 radical (unpaired) electrons. The quantitative estimate of drug-likeness (QED) is 0.773. The molecule has 7 nitrogen and oxygen atoms in total. The number of carbonyl (C=O) groups excluding carboxylic acids is 1. The highest BCUT2D eigenvalue weighted by molar-refractivity contribution is 7.89. The number of methoxy groups -OCH3 is 1. The Hall–Kier alpha value is -1.41. The highest BCUT2D eigenvalue weighted by Crippen LogP contribution is 2.31. The maximum absolute atomic E-state index is 13.0. The minimum Gasteiger partial charge on any atom is -0.469 e. The van der Waals surface area contributed by atoms with Crippen LogP contribution < -0.4 is 0 Å². The molecule has 0 N–H and O–H groups in total. The lowest BCUT2D eigenvalue weighted by Crippen LogP contribution is -2.41. The summed E-state index contributed by atoms with van der Waals surface area (Å²) in [5, 5.41) is 4.34. The second kappa shape index (κ2) is 6.24. The Kier molecular flexibility index (Phi) is 4.86. The molecule has 23 heavy (non-hydrogen) atoms. The highest BCUT2D eigenvalue weighted by Gasteiger charge is 2.36. The van der Waals surface area contributed by atoms with Crippen molar-refractivity contribution in [1.82, 2.24) is 14.1 Å². The van der Waals surface area contributed by atoms with Gasteiger partial charge in [0.1, 0.15) is 4.90 Å². The molecule has 2 heterocycles. The van der Waals surface area contributed by atoms with Gasteiger partial charge in [0.05, 0.1) is 18.7 Å². The van der Waals surface area contributed by atoms with Crippen molar-refractivity contribution in [2.75, 3.05) is 20.2 Å². The minimum atomic E-state index is -3.61. The van der Waals surface area contributed by atoms with E-state index in [9.17, 15) is 13.2 Å². The van der Waals surface area contributed by atoms with Gasteiger partial charge in [0, 0.05) is 31.7 Å². The van der Waals surface area contributed by atoms with Gasteiger partial charge < -0.3 is 4.74 Å². The van der Waals surface area contributed by atoms with Crippen molar-refractivity contribution in [3.05, 3.63) is 11.9 Å². The average Bonchev–Trinajstić information content (AvgIpc) is 2.89. The predicted molar refractivity (Wildman–Crippen MR) is 85.4 cm³/mol. The van der Waals surface area contributed by atoms with Crippen LogP contribution in [0.2, 0.25) is 0 Å². The average molecular weight is 343 g/mol. The van der Waals surface area contributed by atoms with Crippen LogP contribution in [-0.4, -0.2) is 48.7 Å². The summed E-state index contributed by atoms with van der Waals surface area (Å²) in [4.78, 5) is 11.8. The fourth-order valence-corrected chi connectivity index (χ4v) is 4.66. The van der Waals surface area contributed by atoms with E-state index in [-0.39, 0.29) is 22.2 Å². The van der Waals surface area contributed by atoms with E-state index in [2.05, 4.69) is 5.10 Å². The molecule has 0 aromatic carbocycles. The number of piperidine rings is 1. The first-order valence-corrected chi connectivity index (χ1v) is 9.13. The Balaban J connectivity index is 2.26. The first-order chi connectivity index (χ1) is 10.6. The van der Waals surface area contributed by atoms with Crippen LogP contribution in [0.15, 0.2) is 11.1 Å². The van der Waals surface area contributed by atoms with Crippen LogP contribution in [0.25, 0.3) is 0 Å². The van der Waals surface area contributed by atoms with Gasteiger partial charge in [-0.25, -0.2) is 8.42 Å². The molecule has 1 aliphatic rings. The number of rotatable bonds is 3. The lowest BCUT2D eigenvalue weighted by Gasteiger charge is -2.30. The first kappa shape index (κ1) is 17.9. The van der Waals surface area contributed by atoms with Gasteiger partial charge in [-0.15, -0.1) is 0 Å². The molecule has 0 spiro atoms. The Labute approximate surface area is 137 Å². The number of aryl methyl sites for hydroxylation is 1. The van der Waals surface area contributed by atoms with Crippen LogP contribution in [0.3, 0.4) is 0 Å². The lowest BCUT2D eigenvalue weighted by molar-refractivity contribution is -0.146. The summed E-state index contributed by atoms with van der Waals surface area (Å²) in [7, 11) is -0.535. The monoisotopic (exact) mass is 343 g/mol. The van der Waals surface area contributed by atoms with Crippen molar-refractivity contribution in [1.29, 1.82) is 0 Å². The van der Waals surface area contributed by atoms with E-state index < -0.39 is 10.0 Å². The normalized spacial score (nSPS) is 18.1. The Morgan fingerprint density at radius 2 is 1.87 bits per heavy atom. The van der Waals surface area contributed by atoms with Crippen molar-refractivity contribution in [3.63, 3.8) is 0 Å². The van der Waals surface area contributed by atoms with Gasteiger partial charge in [0.2, 0.25) is 10.0 Å². The number of hydrogen-bond donors (Lipinski definition) is 0. The molecule has 0 saturated carbocycles. The smallest absolute Gasteiger partial charge is 0.308 e. The number of hydrogen-bond acceptors (Lipinski definition) is 5. The minimum absolute atomic E-state index is 0.220. The standard InChI is InChI=1S/C15H25N3O4S/c1-15(2,3)13-12(10-17(4)16-13)23(20,21)18-8-6-11(7-9-18)14(19)22-5/h10-11H,6-9H2,1-5H3. The van der Waals surface area contributed by atoms with E-state index in [4.69, 9.17) is 4.74 Å². The van der Waals surface area contributed by atoms with Crippen molar-refractivity contribution >= 4 is 16.0 Å². The molecule has 0 atom stereocenters. The van der Waals surface area contributed by atoms with Crippen LogP contribution in [0.4, 0.5) is 0 Å². The molecule has 130 valence electrons. The van der Waals surface area contributed by atoms with Gasteiger partial charge in [-0.05, 0) is 12.8 Å². The molecule has 1 aromatic heterocycles. The Bertz CT molecular complexity index is 680. The molecule has 1 saturated heterocycles. The lowest BCUT2D eigenvalue weighted by atomic mass is 9.92. The number of nitrogens with zero attached hydrogens (tertiary/aromatic N) is 3. The third-order valence-corrected chi connectivity index (χ3v) is 6.01. The highest BCUT2D eigenvalue weighted by atomic mass is 32.2. The van der Waals surface area contributed by atoms with Crippen molar-refractivity contribution in [2.45, 2.75) is 43.9 Å². The topological polar surface area (TPSA) is 81.5 Å². The van der Waals surface area contributed by atoms with Crippen LogP contribution in [0.5, 0.6) is 0 Å². The summed E-state index contributed by atoms with van der Waals surface area (Å²) in [5.74, 6) is -0.485. The van der Waals surface area contributed by atoms with Crippen molar-refractivity contribution in [2.24, 2.45) is 13.0 Å². The van der Waals surface area contributed by atoms with Gasteiger partial charge >= 0.3 is 5.97 Å². The zero-order valence-electron chi connectivity index (χ0n) is 14.4. The second-order valence-electron chi connectivity index (χ2n) is 6.97. The van der Waals surface area contributed by atoms with Crippen LogP contribution in [0.1, 0.15) is 39.3 Å². The molecule has 0 aliphatic carbocycles. The zero-order valence-corrected chi connectivity index (χ0v) is 15.2. The van der Waals surface area contributed by atoms with Crippen molar-refractivity contribution < 1.29 is 17.9 Å². The second-order valence-corrected chi connectivity index (χ2v) is 8.87. The molecule has 8 heteroatoms. The first-order valence-electron chi connectivity index (χ1n) is 7.69. The fourth-order valence-electron chi connectivity index (χ4n) is 2.81. The van der Waals surface area contributed by atoms with Crippen LogP contribution in [-0.2, 0) is 32.0 Å². The third kappa shape index (κ3) is 3.58. The van der Waals surface area contributed by atoms with Gasteiger partial charge in [-0.1, -0.05) is 20.8 Å². The summed E-state index contributed by atoms with van der Waals surface area (Å²) < 4.78 is 33.7. The third-order valence-electron chi connectivity index (χ3n) is 4.11. The maximum Gasteiger partial charge on any atom is 0.308 e. The molecule has 1 aliphatic heterocycles. The summed E-state index contributed by atoms with van der Waals surface area (Å²) in [6.07, 6.45) is 2.52. The molecule has 0 unspecified atom stereocenters. The van der Waals surface area contributed by atoms with Crippen LogP contribution >= 0.6 is 0 Å². The summed E-state index contributed by atoms with van der Waals surface area (Å²) in [6.45, 7) is 6.47. The summed E-state index contributed by atoms with van der Waals surface area (Å²) in [6, 6.07) is 0. The van der Waals surface area contributed by atoms with Gasteiger partial charge in [-0.2, -0.15) is 9.40 Å². The number of aromatic nitrogens is 2. The number of esters is 1.